The lowest BCUT2D eigenvalue weighted by atomic mass is 10.0. The average molecular weight is 364 g/mol. The molecule has 0 heterocycles. The zero-order valence-electron chi connectivity index (χ0n) is 15.5. The van der Waals surface area contributed by atoms with Gasteiger partial charge in [-0.05, 0) is 37.0 Å². The van der Waals surface area contributed by atoms with Crippen molar-refractivity contribution < 1.29 is 27.2 Å². The van der Waals surface area contributed by atoms with Gasteiger partial charge in [0.05, 0.1) is 26.8 Å². The highest BCUT2D eigenvalue weighted by Gasteiger charge is 2.09. The minimum absolute atomic E-state index is 0. The SMILES string of the molecule is COc1ccc(CCC(C)[NH2+]CCCc2ccccc2)c(OC)c1.[Cl-]. The van der Waals surface area contributed by atoms with Gasteiger partial charge in [-0.1, -0.05) is 36.4 Å². The summed E-state index contributed by atoms with van der Waals surface area (Å²) in [5.41, 5.74) is 2.68. The Labute approximate surface area is 158 Å². The first-order chi connectivity index (χ1) is 11.7. The third-order valence-corrected chi connectivity index (χ3v) is 4.44. The highest BCUT2D eigenvalue weighted by atomic mass is 35.5. The van der Waals surface area contributed by atoms with Crippen LogP contribution >= 0.6 is 0 Å². The first-order valence-electron chi connectivity index (χ1n) is 8.81. The lowest BCUT2D eigenvalue weighted by molar-refractivity contribution is -0.686. The van der Waals surface area contributed by atoms with E-state index < -0.39 is 0 Å². The third-order valence-electron chi connectivity index (χ3n) is 4.44. The molecule has 2 N–H and O–H groups in total. The molecule has 138 valence electrons. The van der Waals surface area contributed by atoms with Gasteiger partial charge in [-0.2, -0.15) is 0 Å². The molecule has 2 rings (SSSR count). The summed E-state index contributed by atoms with van der Waals surface area (Å²) < 4.78 is 10.7. The van der Waals surface area contributed by atoms with E-state index in [1.165, 1.54) is 24.1 Å². The van der Waals surface area contributed by atoms with Gasteiger partial charge in [0, 0.05) is 18.9 Å². The predicted octanol–water partition coefficient (Wildman–Crippen LogP) is 0.225. The molecule has 3 nitrogen and oxygen atoms in total. The first-order valence-corrected chi connectivity index (χ1v) is 8.81. The Hall–Kier alpha value is -1.71. The van der Waals surface area contributed by atoms with Crippen LogP contribution in [0.25, 0.3) is 0 Å². The molecule has 0 radical (unpaired) electrons. The summed E-state index contributed by atoms with van der Waals surface area (Å²) in [7, 11) is 3.40. The topological polar surface area (TPSA) is 35.1 Å². The van der Waals surface area contributed by atoms with Crippen LogP contribution < -0.4 is 27.2 Å². The minimum atomic E-state index is 0. The molecule has 1 atom stereocenters. The smallest absolute Gasteiger partial charge is 0.125 e. The van der Waals surface area contributed by atoms with Gasteiger partial charge >= 0.3 is 0 Å². The lowest BCUT2D eigenvalue weighted by Gasteiger charge is -2.13. The van der Waals surface area contributed by atoms with Crippen LogP contribution in [0.2, 0.25) is 0 Å². The van der Waals surface area contributed by atoms with Crippen molar-refractivity contribution in [3.8, 4) is 11.5 Å². The maximum Gasteiger partial charge on any atom is 0.125 e. The zero-order valence-corrected chi connectivity index (χ0v) is 16.3. The molecule has 0 saturated heterocycles. The van der Waals surface area contributed by atoms with E-state index in [2.05, 4.69) is 48.6 Å². The number of hydrogen-bond donors (Lipinski definition) is 1. The second kappa shape index (κ2) is 11.8. The van der Waals surface area contributed by atoms with E-state index in [-0.39, 0.29) is 12.4 Å². The largest absolute Gasteiger partial charge is 1.00 e. The van der Waals surface area contributed by atoms with Crippen LogP contribution in [-0.4, -0.2) is 26.8 Å². The number of hydrogen-bond acceptors (Lipinski definition) is 2. The van der Waals surface area contributed by atoms with Crippen molar-refractivity contribution in [2.75, 3.05) is 20.8 Å². The zero-order chi connectivity index (χ0) is 17.2. The summed E-state index contributed by atoms with van der Waals surface area (Å²) in [4.78, 5) is 0. The molecule has 0 fully saturated rings. The van der Waals surface area contributed by atoms with Crippen molar-refractivity contribution in [3.05, 3.63) is 59.7 Å². The molecule has 4 heteroatoms. The number of halogens is 1. The van der Waals surface area contributed by atoms with Crippen LogP contribution in [0.1, 0.15) is 30.9 Å². The summed E-state index contributed by atoms with van der Waals surface area (Å²) in [6.07, 6.45) is 4.56. The van der Waals surface area contributed by atoms with Crippen molar-refractivity contribution in [1.29, 1.82) is 0 Å². The van der Waals surface area contributed by atoms with Crippen molar-refractivity contribution in [3.63, 3.8) is 0 Å². The van der Waals surface area contributed by atoms with Crippen molar-refractivity contribution >= 4 is 0 Å². The van der Waals surface area contributed by atoms with Crippen LogP contribution in [0.15, 0.2) is 48.5 Å². The number of methoxy groups -OCH3 is 2. The molecule has 0 saturated carbocycles. The number of aryl methyl sites for hydroxylation is 2. The molecule has 0 aliphatic carbocycles. The maximum absolute atomic E-state index is 5.48. The number of rotatable bonds is 10. The molecule has 0 bridgehead atoms. The summed E-state index contributed by atoms with van der Waals surface area (Å²) in [5, 5.41) is 2.46. The highest BCUT2D eigenvalue weighted by Crippen LogP contribution is 2.25. The van der Waals surface area contributed by atoms with Gasteiger partial charge in [-0.15, -0.1) is 0 Å². The summed E-state index contributed by atoms with van der Waals surface area (Å²) >= 11 is 0. The van der Waals surface area contributed by atoms with E-state index >= 15 is 0 Å². The summed E-state index contributed by atoms with van der Waals surface area (Å²) in [6, 6.07) is 17.4. The monoisotopic (exact) mass is 363 g/mol. The Balaban J connectivity index is 0.00000312. The molecule has 2 aromatic rings. The van der Waals surface area contributed by atoms with Crippen LogP contribution in [-0.2, 0) is 12.8 Å². The van der Waals surface area contributed by atoms with E-state index in [1.54, 1.807) is 14.2 Å². The number of ether oxygens (including phenoxy) is 2. The fraction of sp³-hybridized carbons (Fsp3) is 0.429. The second-order valence-corrected chi connectivity index (χ2v) is 6.31. The molecule has 1 unspecified atom stereocenters. The van der Waals surface area contributed by atoms with Gasteiger partial charge in [0.15, 0.2) is 0 Å². The minimum Gasteiger partial charge on any atom is -1.00 e. The molecular formula is C21H30ClNO2. The van der Waals surface area contributed by atoms with Crippen LogP contribution in [0.3, 0.4) is 0 Å². The quantitative estimate of drug-likeness (QED) is 0.613. The molecule has 25 heavy (non-hydrogen) atoms. The number of nitrogens with two attached hydrogens (primary N) is 1. The molecule has 0 aliphatic heterocycles. The van der Waals surface area contributed by atoms with Crippen LogP contribution in [0.5, 0.6) is 11.5 Å². The molecular weight excluding hydrogens is 334 g/mol. The Morgan fingerprint density at radius 3 is 2.40 bits per heavy atom. The van der Waals surface area contributed by atoms with Crippen molar-refractivity contribution in [2.24, 2.45) is 0 Å². The van der Waals surface area contributed by atoms with Crippen molar-refractivity contribution in [2.45, 2.75) is 38.6 Å². The Morgan fingerprint density at radius 1 is 0.960 bits per heavy atom. The molecule has 0 aliphatic rings. The molecule has 2 aromatic carbocycles. The van der Waals surface area contributed by atoms with Gasteiger partial charge in [0.2, 0.25) is 0 Å². The average Bonchev–Trinajstić information content (AvgIpc) is 2.64. The second-order valence-electron chi connectivity index (χ2n) is 6.31. The van der Waals surface area contributed by atoms with E-state index in [0.29, 0.717) is 6.04 Å². The first kappa shape index (κ1) is 21.3. The van der Waals surface area contributed by atoms with E-state index in [0.717, 1.165) is 30.8 Å². The van der Waals surface area contributed by atoms with Gasteiger partial charge in [0.25, 0.3) is 0 Å². The summed E-state index contributed by atoms with van der Waals surface area (Å²) in [6.45, 7) is 3.48. The van der Waals surface area contributed by atoms with E-state index in [1.807, 2.05) is 12.1 Å². The summed E-state index contributed by atoms with van der Waals surface area (Å²) in [5.74, 6) is 1.77. The molecule has 0 amide bonds. The van der Waals surface area contributed by atoms with E-state index in [4.69, 9.17) is 9.47 Å². The number of quaternary nitrogens is 1. The predicted molar refractivity (Wildman–Crippen MR) is 98.9 cm³/mol. The van der Waals surface area contributed by atoms with E-state index in [9.17, 15) is 0 Å². The van der Waals surface area contributed by atoms with Gasteiger partial charge < -0.3 is 27.2 Å². The third kappa shape index (κ3) is 7.37. The lowest BCUT2D eigenvalue weighted by Crippen LogP contribution is -3.00. The standard InChI is InChI=1S/C21H29NO2.ClH/c1-17(22-15-7-10-18-8-5-4-6-9-18)11-12-19-13-14-20(23-2)16-21(19)24-3;/h4-6,8-9,13-14,16-17,22H,7,10-12,15H2,1-3H3;1H. The number of benzene rings is 2. The molecule has 0 aromatic heterocycles. The Bertz CT molecular complexity index is 604. The Morgan fingerprint density at radius 2 is 1.72 bits per heavy atom. The van der Waals surface area contributed by atoms with Gasteiger partial charge in [-0.25, -0.2) is 0 Å². The maximum atomic E-state index is 5.48. The van der Waals surface area contributed by atoms with Crippen LogP contribution in [0.4, 0.5) is 0 Å². The van der Waals surface area contributed by atoms with Crippen LogP contribution in [0, 0.1) is 0 Å². The highest BCUT2D eigenvalue weighted by molar-refractivity contribution is 5.40. The Kier molecular flexibility index (Phi) is 10.0. The van der Waals surface area contributed by atoms with Gasteiger partial charge in [-0.3, -0.25) is 0 Å². The molecule has 0 spiro atoms. The fourth-order valence-electron chi connectivity index (χ4n) is 2.91. The fourth-order valence-corrected chi connectivity index (χ4v) is 2.91. The van der Waals surface area contributed by atoms with Crippen molar-refractivity contribution in [1.82, 2.24) is 0 Å². The van der Waals surface area contributed by atoms with Gasteiger partial charge in [0.1, 0.15) is 11.5 Å². The normalized spacial score (nSPS) is 11.5.